The van der Waals surface area contributed by atoms with Gasteiger partial charge in [-0.3, -0.25) is 28.3 Å². The zero-order valence-electron chi connectivity index (χ0n) is 22.6. The van der Waals surface area contributed by atoms with Crippen molar-refractivity contribution in [2.24, 2.45) is 0 Å². The second-order valence-electron chi connectivity index (χ2n) is 10.4. The summed E-state index contributed by atoms with van der Waals surface area (Å²) in [6.45, 7) is 4.83. The second kappa shape index (κ2) is 12.3. The fraction of sp³-hybridized carbons (Fsp3) is 0.516. The van der Waals surface area contributed by atoms with E-state index in [0.717, 1.165) is 57.8 Å². The van der Waals surface area contributed by atoms with E-state index in [1.165, 1.54) is 21.6 Å². The average Bonchev–Trinajstić information content (AvgIpc) is 3.19. The molecule has 0 fully saturated rings. The molecule has 2 aromatic carbocycles. The highest BCUT2D eigenvalue weighted by atomic mass is 16.2. The Balaban J connectivity index is 1.87. The fourth-order valence-corrected chi connectivity index (χ4v) is 5.66. The molecule has 4 aromatic heterocycles. The van der Waals surface area contributed by atoms with Gasteiger partial charge in [-0.15, -0.1) is 0 Å². The molecule has 0 aliphatic heterocycles. The first-order valence-electron chi connectivity index (χ1n) is 14.2. The molecule has 6 rings (SSSR count). The maximum atomic E-state index is 13.7. The van der Waals surface area contributed by atoms with Crippen LogP contribution in [0.2, 0.25) is 0 Å². The Morgan fingerprint density at radius 2 is 1.03 bits per heavy atom. The summed E-state index contributed by atoms with van der Waals surface area (Å²) in [5.41, 5.74) is -1.92. The van der Waals surface area contributed by atoms with Crippen LogP contribution in [0.5, 0.6) is 0 Å². The molecule has 200 valence electrons. The van der Waals surface area contributed by atoms with Gasteiger partial charge in [0.15, 0.2) is 0 Å². The Bertz CT molecular complexity index is 1690. The Hall–Kier alpha value is -3.53. The van der Waals surface area contributed by atoms with Crippen LogP contribution in [0.25, 0.3) is 32.3 Å². The summed E-state index contributed by atoms with van der Waals surface area (Å²) >= 11 is 0. The van der Waals surface area contributed by atoms with Gasteiger partial charge < -0.3 is 0 Å². The van der Waals surface area contributed by atoms with Gasteiger partial charge in [-0.25, -0.2) is 0 Å². The van der Waals surface area contributed by atoms with E-state index in [0.29, 0.717) is 18.2 Å². The number of nitrogens with zero attached hydrogens (tertiary/aromatic N) is 3. The normalized spacial score (nSPS) is 11.7. The molecule has 0 saturated heterocycles. The Morgan fingerprint density at radius 1 is 0.579 bits per heavy atom. The van der Waals surface area contributed by atoms with Crippen LogP contribution >= 0.6 is 0 Å². The molecule has 0 unspecified atom stereocenters. The van der Waals surface area contributed by atoms with Crippen molar-refractivity contribution >= 4 is 32.3 Å². The number of hydrogen-bond donors (Lipinski definition) is 0. The lowest BCUT2D eigenvalue weighted by molar-refractivity contribution is 0.545. The maximum Gasteiger partial charge on any atom is 0.262 e. The van der Waals surface area contributed by atoms with Gasteiger partial charge in [0.1, 0.15) is 6.07 Å². The molecule has 38 heavy (non-hydrogen) atoms. The van der Waals surface area contributed by atoms with E-state index in [4.69, 9.17) is 0 Å². The van der Waals surface area contributed by atoms with Crippen molar-refractivity contribution < 1.29 is 0 Å². The first kappa shape index (κ1) is 27.5. The SMILES string of the molecule is CCCCCCCCn1c(=O)c2ccc(c1=O)c1c3c(C#N)cc(c(=O)n(CCCCCCCC)c3=O)c21. The van der Waals surface area contributed by atoms with E-state index in [-0.39, 0.29) is 45.6 Å². The molecule has 7 heteroatoms. The molecule has 0 amide bonds. The van der Waals surface area contributed by atoms with E-state index >= 15 is 0 Å². The topological polar surface area (TPSA) is 102 Å². The molecule has 0 radical (unpaired) electrons. The summed E-state index contributed by atoms with van der Waals surface area (Å²) in [7, 11) is 0. The highest BCUT2D eigenvalue weighted by Crippen LogP contribution is 2.31. The van der Waals surface area contributed by atoms with Crippen LogP contribution in [0.1, 0.15) is 96.5 Å². The highest BCUT2D eigenvalue weighted by molar-refractivity contribution is 6.23. The van der Waals surface area contributed by atoms with Gasteiger partial charge in [-0.05, 0) is 31.0 Å². The zero-order valence-corrected chi connectivity index (χ0v) is 22.6. The molecule has 4 bridgehead atoms. The van der Waals surface area contributed by atoms with Crippen molar-refractivity contribution in [3.05, 3.63) is 65.2 Å². The summed E-state index contributed by atoms with van der Waals surface area (Å²) in [6.07, 6.45) is 12.1. The number of aromatic nitrogens is 2. The molecule has 7 nitrogen and oxygen atoms in total. The van der Waals surface area contributed by atoms with E-state index in [2.05, 4.69) is 19.9 Å². The molecular weight excluding hydrogens is 478 g/mol. The van der Waals surface area contributed by atoms with Crippen molar-refractivity contribution in [1.29, 1.82) is 5.26 Å². The van der Waals surface area contributed by atoms with Crippen molar-refractivity contribution in [3.8, 4) is 6.07 Å². The van der Waals surface area contributed by atoms with Crippen molar-refractivity contribution in [2.45, 2.75) is 104 Å². The van der Waals surface area contributed by atoms with Gasteiger partial charge in [0, 0.05) is 34.6 Å². The third-order valence-corrected chi connectivity index (χ3v) is 7.76. The van der Waals surface area contributed by atoms with E-state index in [1.54, 1.807) is 12.1 Å². The lowest BCUT2D eigenvalue weighted by Crippen LogP contribution is -2.30. The smallest absolute Gasteiger partial charge is 0.262 e. The standard InChI is InChI=1S/C31H37N3O4/c1-3-5-7-9-11-13-17-33-28(35)22-15-16-23(29(33)36)27-25-21(20-32)19-24(26(22)27)30(37)34(31(25)38)18-14-12-10-8-6-4-2/h15-16,19H,3-14,17-18H2,1-2H3. The van der Waals surface area contributed by atoms with E-state index < -0.39 is 22.2 Å². The molecule has 6 aromatic rings. The summed E-state index contributed by atoms with van der Waals surface area (Å²) in [6, 6.07) is 6.63. The third-order valence-electron chi connectivity index (χ3n) is 7.76. The predicted octanol–water partition coefficient (Wildman–Crippen LogP) is 5.66. The van der Waals surface area contributed by atoms with Crippen molar-refractivity contribution in [2.75, 3.05) is 0 Å². The van der Waals surface area contributed by atoms with Gasteiger partial charge in [0.25, 0.3) is 22.2 Å². The minimum atomic E-state index is -0.562. The van der Waals surface area contributed by atoms with Crippen LogP contribution < -0.4 is 22.2 Å². The molecule has 0 spiro atoms. The summed E-state index contributed by atoms with van der Waals surface area (Å²) in [5.74, 6) is 0. The monoisotopic (exact) mass is 515 g/mol. The number of benzene rings is 2. The van der Waals surface area contributed by atoms with Crippen molar-refractivity contribution in [1.82, 2.24) is 9.13 Å². The number of fused-ring (bicyclic) bond motifs is 6. The lowest BCUT2D eigenvalue weighted by Gasteiger charge is -2.03. The maximum absolute atomic E-state index is 13.7. The number of unbranched alkanes of at least 4 members (excludes halogenated alkanes) is 10. The van der Waals surface area contributed by atoms with Gasteiger partial charge in [-0.2, -0.15) is 5.26 Å². The molecule has 0 aliphatic rings. The van der Waals surface area contributed by atoms with Crippen LogP contribution in [0.15, 0.2) is 37.4 Å². The lowest BCUT2D eigenvalue weighted by atomic mass is 9.96. The number of rotatable bonds is 14. The fourth-order valence-electron chi connectivity index (χ4n) is 5.66. The van der Waals surface area contributed by atoms with Crippen LogP contribution in [-0.4, -0.2) is 9.13 Å². The van der Waals surface area contributed by atoms with Gasteiger partial charge in [-0.1, -0.05) is 78.1 Å². The highest BCUT2D eigenvalue weighted by Gasteiger charge is 2.23. The Labute approximate surface area is 222 Å². The number of nitriles is 1. The second-order valence-corrected chi connectivity index (χ2v) is 10.4. The van der Waals surface area contributed by atoms with Gasteiger partial charge in [0.2, 0.25) is 0 Å². The largest absolute Gasteiger partial charge is 0.274 e. The van der Waals surface area contributed by atoms with E-state index in [1.807, 2.05) is 0 Å². The van der Waals surface area contributed by atoms with Crippen LogP contribution in [0.4, 0.5) is 0 Å². The van der Waals surface area contributed by atoms with Crippen LogP contribution in [0, 0.1) is 11.3 Å². The summed E-state index contributed by atoms with van der Waals surface area (Å²) in [5, 5.41) is 11.1. The number of hydrogen-bond acceptors (Lipinski definition) is 5. The first-order valence-corrected chi connectivity index (χ1v) is 14.2. The first-order chi connectivity index (χ1) is 18.5. The molecule has 0 saturated carbocycles. The summed E-state index contributed by atoms with van der Waals surface area (Å²) < 4.78 is 2.44. The van der Waals surface area contributed by atoms with Crippen LogP contribution in [0.3, 0.4) is 0 Å². The third kappa shape index (κ3) is 5.09. The molecule has 0 N–H and O–H groups in total. The Kier molecular flexibility index (Phi) is 8.93. The average molecular weight is 516 g/mol. The van der Waals surface area contributed by atoms with Crippen molar-refractivity contribution in [3.63, 3.8) is 0 Å². The minimum Gasteiger partial charge on any atom is -0.274 e. The molecule has 0 aliphatic carbocycles. The molecular formula is C31H37N3O4. The van der Waals surface area contributed by atoms with Crippen LogP contribution in [-0.2, 0) is 13.1 Å². The quantitative estimate of drug-likeness (QED) is 0.202. The summed E-state index contributed by atoms with van der Waals surface area (Å²) in [4.78, 5) is 54.6. The molecule has 0 atom stereocenters. The zero-order chi connectivity index (χ0) is 27.2. The Morgan fingerprint density at radius 3 is 1.55 bits per heavy atom. The molecule has 4 heterocycles. The van der Waals surface area contributed by atoms with E-state index in [9.17, 15) is 24.4 Å². The van der Waals surface area contributed by atoms with Gasteiger partial charge >= 0.3 is 0 Å². The minimum absolute atomic E-state index is 0.0579. The predicted molar refractivity (Wildman–Crippen MR) is 154 cm³/mol. The van der Waals surface area contributed by atoms with Gasteiger partial charge in [0.05, 0.1) is 16.3 Å².